The summed E-state index contributed by atoms with van der Waals surface area (Å²) in [6.45, 7) is 2.84. The minimum absolute atomic E-state index is 0.0613. The molecule has 0 bridgehead atoms. The second-order valence-electron chi connectivity index (χ2n) is 4.49. The molecular formula is C10H17N3O3S. The van der Waals surface area contributed by atoms with Gasteiger partial charge in [-0.25, -0.2) is 13.1 Å². The monoisotopic (exact) mass is 259 g/mol. The number of sulfonamides is 1. The minimum Gasteiger partial charge on any atom is -0.394 e. The average Bonchev–Trinajstić information content (AvgIpc) is 2.77. The van der Waals surface area contributed by atoms with Gasteiger partial charge in [0.25, 0.3) is 0 Å². The highest BCUT2D eigenvalue weighted by atomic mass is 32.2. The van der Waals surface area contributed by atoms with Crippen molar-refractivity contribution in [3.05, 3.63) is 12.4 Å². The molecule has 1 aliphatic carbocycles. The molecule has 96 valence electrons. The molecule has 0 aliphatic heterocycles. The first kappa shape index (κ1) is 12.5. The Bertz CT molecular complexity index is 483. The standard InChI is InChI=1S/C10H17N3O3S/c1-8-4-9(8)5-12-17(15,16)10-6-11-13(7-10)2-3-14/h6-9,12,14H,2-5H2,1H3. The van der Waals surface area contributed by atoms with Gasteiger partial charge in [-0.05, 0) is 18.3 Å². The SMILES string of the molecule is CC1CC1CNS(=O)(=O)c1cnn(CCO)c1. The van der Waals surface area contributed by atoms with Crippen LogP contribution in [0.15, 0.2) is 17.3 Å². The molecule has 0 saturated heterocycles. The van der Waals surface area contributed by atoms with Crippen molar-refractivity contribution in [2.45, 2.75) is 24.8 Å². The zero-order valence-corrected chi connectivity index (χ0v) is 10.5. The maximum absolute atomic E-state index is 11.9. The van der Waals surface area contributed by atoms with Crippen LogP contribution >= 0.6 is 0 Å². The van der Waals surface area contributed by atoms with Crippen molar-refractivity contribution in [2.75, 3.05) is 13.2 Å². The van der Waals surface area contributed by atoms with Gasteiger partial charge in [0, 0.05) is 12.7 Å². The van der Waals surface area contributed by atoms with E-state index in [1.165, 1.54) is 17.1 Å². The number of nitrogens with zero attached hydrogens (tertiary/aromatic N) is 2. The van der Waals surface area contributed by atoms with Crippen LogP contribution in [-0.4, -0.2) is 36.5 Å². The van der Waals surface area contributed by atoms with E-state index < -0.39 is 10.0 Å². The van der Waals surface area contributed by atoms with E-state index in [-0.39, 0.29) is 11.5 Å². The van der Waals surface area contributed by atoms with E-state index in [1.54, 1.807) is 0 Å². The molecule has 1 aromatic heterocycles. The summed E-state index contributed by atoms with van der Waals surface area (Å²) in [5.74, 6) is 1.09. The fourth-order valence-electron chi connectivity index (χ4n) is 1.69. The van der Waals surface area contributed by atoms with Crippen LogP contribution in [0, 0.1) is 11.8 Å². The van der Waals surface area contributed by atoms with Crippen molar-refractivity contribution in [3.8, 4) is 0 Å². The number of rotatable bonds is 6. The van der Waals surface area contributed by atoms with Crippen LogP contribution in [0.1, 0.15) is 13.3 Å². The quantitative estimate of drug-likeness (QED) is 0.741. The third kappa shape index (κ3) is 3.05. The molecule has 1 fully saturated rings. The van der Waals surface area contributed by atoms with Gasteiger partial charge in [-0.3, -0.25) is 4.68 Å². The number of aliphatic hydroxyl groups is 1. The third-order valence-electron chi connectivity index (χ3n) is 3.06. The van der Waals surface area contributed by atoms with Crippen LogP contribution in [0.3, 0.4) is 0 Å². The molecule has 7 heteroatoms. The largest absolute Gasteiger partial charge is 0.394 e. The summed E-state index contributed by atoms with van der Waals surface area (Å²) in [7, 11) is -3.45. The van der Waals surface area contributed by atoms with Crippen LogP contribution in [0.4, 0.5) is 0 Å². The highest BCUT2D eigenvalue weighted by Crippen LogP contribution is 2.37. The molecule has 0 amide bonds. The van der Waals surface area contributed by atoms with Gasteiger partial charge in [-0.2, -0.15) is 5.10 Å². The van der Waals surface area contributed by atoms with E-state index in [9.17, 15) is 8.42 Å². The van der Waals surface area contributed by atoms with Crippen LogP contribution in [-0.2, 0) is 16.6 Å². The summed E-state index contributed by atoms with van der Waals surface area (Å²) in [6, 6.07) is 0. The maximum Gasteiger partial charge on any atom is 0.243 e. The van der Waals surface area contributed by atoms with Gasteiger partial charge in [-0.1, -0.05) is 6.92 Å². The Hall–Kier alpha value is -0.920. The van der Waals surface area contributed by atoms with E-state index in [0.717, 1.165) is 6.42 Å². The van der Waals surface area contributed by atoms with Crippen LogP contribution in [0.25, 0.3) is 0 Å². The summed E-state index contributed by atoms with van der Waals surface area (Å²) in [6.07, 6.45) is 3.81. The van der Waals surface area contributed by atoms with Crippen molar-refractivity contribution in [3.63, 3.8) is 0 Å². The molecule has 1 aromatic rings. The molecule has 1 heterocycles. The van der Waals surface area contributed by atoms with Crippen LogP contribution in [0.5, 0.6) is 0 Å². The normalized spacial score (nSPS) is 23.9. The summed E-state index contributed by atoms with van der Waals surface area (Å²) < 4.78 is 27.7. The van der Waals surface area contributed by atoms with Crippen molar-refractivity contribution in [1.29, 1.82) is 0 Å². The van der Waals surface area contributed by atoms with Crippen molar-refractivity contribution in [1.82, 2.24) is 14.5 Å². The zero-order valence-electron chi connectivity index (χ0n) is 9.70. The molecular weight excluding hydrogens is 242 g/mol. The van der Waals surface area contributed by atoms with Gasteiger partial charge in [0.2, 0.25) is 10.0 Å². The van der Waals surface area contributed by atoms with Crippen LogP contribution < -0.4 is 4.72 Å². The summed E-state index contributed by atoms with van der Waals surface area (Å²) in [5, 5.41) is 12.6. The van der Waals surface area contributed by atoms with Crippen LogP contribution in [0.2, 0.25) is 0 Å². The highest BCUT2D eigenvalue weighted by molar-refractivity contribution is 7.89. The van der Waals surface area contributed by atoms with Crippen molar-refractivity contribution in [2.24, 2.45) is 11.8 Å². The number of hydrogen-bond acceptors (Lipinski definition) is 4. The minimum atomic E-state index is -3.45. The summed E-state index contributed by atoms with van der Waals surface area (Å²) >= 11 is 0. The topological polar surface area (TPSA) is 84.2 Å². The lowest BCUT2D eigenvalue weighted by Gasteiger charge is -2.03. The first-order chi connectivity index (χ1) is 8.03. The highest BCUT2D eigenvalue weighted by Gasteiger charge is 2.33. The summed E-state index contributed by atoms with van der Waals surface area (Å²) in [5.41, 5.74) is 0. The fourth-order valence-corrected chi connectivity index (χ4v) is 2.74. The molecule has 2 atom stereocenters. The lowest BCUT2D eigenvalue weighted by atomic mass is 10.3. The van der Waals surface area contributed by atoms with Gasteiger partial charge in [0.05, 0.1) is 19.3 Å². The van der Waals surface area contributed by atoms with E-state index in [1.807, 2.05) is 0 Å². The van der Waals surface area contributed by atoms with E-state index >= 15 is 0 Å². The Morgan fingerprint density at radius 1 is 1.65 bits per heavy atom. The van der Waals surface area contributed by atoms with Gasteiger partial charge >= 0.3 is 0 Å². The smallest absolute Gasteiger partial charge is 0.243 e. The van der Waals surface area contributed by atoms with E-state index in [4.69, 9.17) is 5.11 Å². The number of aromatic nitrogens is 2. The Balaban J connectivity index is 1.98. The van der Waals surface area contributed by atoms with Crippen molar-refractivity contribution < 1.29 is 13.5 Å². The van der Waals surface area contributed by atoms with Crippen molar-refractivity contribution >= 4 is 10.0 Å². The Morgan fingerprint density at radius 2 is 2.35 bits per heavy atom. The zero-order chi connectivity index (χ0) is 12.5. The van der Waals surface area contributed by atoms with Gasteiger partial charge in [-0.15, -0.1) is 0 Å². The first-order valence-corrected chi connectivity index (χ1v) is 7.14. The molecule has 1 saturated carbocycles. The van der Waals surface area contributed by atoms with E-state index in [2.05, 4.69) is 16.7 Å². The molecule has 6 nitrogen and oxygen atoms in total. The Kier molecular flexibility index (Phi) is 3.50. The predicted octanol–water partition coefficient (Wildman–Crippen LogP) is -0.190. The molecule has 2 unspecified atom stereocenters. The molecule has 0 spiro atoms. The Labute approximate surface area is 101 Å². The predicted molar refractivity (Wildman–Crippen MR) is 61.8 cm³/mol. The molecule has 17 heavy (non-hydrogen) atoms. The third-order valence-corrected chi connectivity index (χ3v) is 4.44. The maximum atomic E-state index is 11.9. The lowest BCUT2D eigenvalue weighted by Crippen LogP contribution is -2.25. The fraction of sp³-hybridized carbons (Fsp3) is 0.700. The van der Waals surface area contributed by atoms with Gasteiger partial charge < -0.3 is 5.11 Å². The Morgan fingerprint density at radius 3 is 2.94 bits per heavy atom. The van der Waals surface area contributed by atoms with E-state index in [0.29, 0.717) is 24.9 Å². The van der Waals surface area contributed by atoms with Gasteiger partial charge in [0.1, 0.15) is 4.90 Å². The van der Waals surface area contributed by atoms with Gasteiger partial charge in [0.15, 0.2) is 0 Å². The number of nitrogens with one attached hydrogen (secondary N) is 1. The molecule has 1 aliphatic rings. The molecule has 0 radical (unpaired) electrons. The summed E-state index contributed by atoms with van der Waals surface area (Å²) in [4.78, 5) is 0.152. The second kappa shape index (κ2) is 4.75. The molecule has 2 rings (SSSR count). The molecule has 0 aromatic carbocycles. The second-order valence-corrected chi connectivity index (χ2v) is 6.25. The average molecular weight is 259 g/mol. The lowest BCUT2D eigenvalue weighted by molar-refractivity contribution is 0.269. The molecule has 2 N–H and O–H groups in total. The first-order valence-electron chi connectivity index (χ1n) is 5.66. The number of hydrogen-bond donors (Lipinski definition) is 2. The number of aliphatic hydroxyl groups excluding tert-OH is 1.